The Hall–Kier alpha value is -1.89. The Morgan fingerprint density at radius 2 is 1.50 bits per heavy atom. The van der Waals surface area contributed by atoms with Crippen molar-refractivity contribution in [2.75, 3.05) is 0 Å². The van der Waals surface area contributed by atoms with E-state index in [1.807, 2.05) is 36.5 Å². The van der Waals surface area contributed by atoms with Crippen LogP contribution in [0, 0.1) is 0 Å². The van der Waals surface area contributed by atoms with Gasteiger partial charge in [0.2, 0.25) is 0 Å². The van der Waals surface area contributed by atoms with Crippen molar-refractivity contribution in [3.8, 4) is 0 Å². The number of benzene rings is 1. The van der Waals surface area contributed by atoms with Crippen molar-refractivity contribution in [2.24, 2.45) is 0 Å². The molecule has 1 heteroatoms. The molecule has 0 atom stereocenters. The molecule has 0 bridgehead atoms. The Kier molecular flexibility index (Phi) is 2.72. The zero-order chi connectivity index (χ0) is 9.64. The topological polar surface area (TPSA) is 12.9 Å². The third-order valence-corrected chi connectivity index (χ3v) is 1.95. The number of pyridine rings is 1. The van der Waals surface area contributed by atoms with Crippen molar-refractivity contribution in [3.63, 3.8) is 0 Å². The second kappa shape index (κ2) is 4.38. The van der Waals surface area contributed by atoms with Gasteiger partial charge in [0, 0.05) is 12.4 Å². The molecular weight excluding hydrogens is 170 g/mol. The van der Waals surface area contributed by atoms with Crippen LogP contribution in [0.4, 0.5) is 0 Å². The molecule has 0 aliphatic rings. The summed E-state index contributed by atoms with van der Waals surface area (Å²) in [7, 11) is 0. The highest BCUT2D eigenvalue weighted by Gasteiger charge is 1.85. The standard InChI is InChI=1S/C13H11N/c1-2-5-12(6-3-1)8-9-13-7-4-10-14-11-13/h1-11H/b9-8-. The maximum atomic E-state index is 4.05. The zero-order valence-electron chi connectivity index (χ0n) is 7.80. The van der Waals surface area contributed by atoms with E-state index in [9.17, 15) is 0 Å². The second-order valence-corrected chi connectivity index (χ2v) is 3.03. The largest absolute Gasteiger partial charge is 0.264 e. The van der Waals surface area contributed by atoms with Gasteiger partial charge in [0.1, 0.15) is 0 Å². The molecule has 0 unspecified atom stereocenters. The van der Waals surface area contributed by atoms with Gasteiger partial charge in [0.25, 0.3) is 0 Å². The molecule has 0 radical (unpaired) electrons. The van der Waals surface area contributed by atoms with Crippen LogP contribution < -0.4 is 0 Å². The molecule has 14 heavy (non-hydrogen) atoms. The van der Waals surface area contributed by atoms with Crippen LogP contribution >= 0.6 is 0 Å². The average molecular weight is 181 g/mol. The molecule has 2 rings (SSSR count). The summed E-state index contributed by atoms with van der Waals surface area (Å²) in [5.41, 5.74) is 2.33. The molecule has 1 heterocycles. The Labute approximate surface area is 83.7 Å². The predicted octanol–water partition coefficient (Wildman–Crippen LogP) is 3.25. The molecule has 0 aliphatic carbocycles. The van der Waals surface area contributed by atoms with Crippen molar-refractivity contribution in [1.82, 2.24) is 4.98 Å². The van der Waals surface area contributed by atoms with Crippen LogP contribution in [-0.2, 0) is 0 Å². The third kappa shape index (κ3) is 2.30. The normalized spacial score (nSPS) is 10.6. The molecule has 1 aromatic heterocycles. The summed E-state index contributed by atoms with van der Waals surface area (Å²) >= 11 is 0. The van der Waals surface area contributed by atoms with Gasteiger partial charge in [-0.05, 0) is 17.2 Å². The quantitative estimate of drug-likeness (QED) is 0.693. The molecule has 1 nitrogen and oxygen atoms in total. The Morgan fingerprint density at radius 3 is 2.21 bits per heavy atom. The van der Waals surface area contributed by atoms with Gasteiger partial charge in [-0.25, -0.2) is 0 Å². The van der Waals surface area contributed by atoms with Crippen LogP contribution in [0.1, 0.15) is 11.1 Å². The number of hydrogen-bond acceptors (Lipinski definition) is 1. The van der Waals surface area contributed by atoms with Crippen molar-refractivity contribution in [3.05, 3.63) is 66.0 Å². The number of nitrogens with zero attached hydrogens (tertiary/aromatic N) is 1. The van der Waals surface area contributed by atoms with E-state index in [4.69, 9.17) is 0 Å². The smallest absolute Gasteiger partial charge is 0.0340 e. The lowest BCUT2D eigenvalue weighted by atomic mass is 10.2. The highest BCUT2D eigenvalue weighted by molar-refractivity contribution is 5.68. The van der Waals surface area contributed by atoms with E-state index >= 15 is 0 Å². The molecule has 0 spiro atoms. The number of hydrogen-bond donors (Lipinski definition) is 0. The number of rotatable bonds is 2. The summed E-state index contributed by atoms with van der Waals surface area (Å²) in [4.78, 5) is 4.05. The lowest BCUT2D eigenvalue weighted by Gasteiger charge is -1.92. The molecule has 0 saturated carbocycles. The van der Waals surface area contributed by atoms with Crippen LogP contribution in [0.2, 0.25) is 0 Å². The molecule has 0 saturated heterocycles. The van der Waals surface area contributed by atoms with Gasteiger partial charge in [0.05, 0.1) is 0 Å². The Bertz CT molecular complexity index is 362. The molecule has 68 valence electrons. The van der Waals surface area contributed by atoms with Crippen LogP contribution in [0.5, 0.6) is 0 Å². The fraction of sp³-hybridized carbons (Fsp3) is 0. The fourth-order valence-electron chi connectivity index (χ4n) is 1.23. The van der Waals surface area contributed by atoms with E-state index in [2.05, 4.69) is 29.3 Å². The summed E-state index contributed by atoms with van der Waals surface area (Å²) in [5, 5.41) is 0. The third-order valence-electron chi connectivity index (χ3n) is 1.95. The summed E-state index contributed by atoms with van der Waals surface area (Å²) < 4.78 is 0. The molecule has 0 N–H and O–H groups in total. The van der Waals surface area contributed by atoms with Gasteiger partial charge in [-0.2, -0.15) is 0 Å². The van der Waals surface area contributed by atoms with E-state index in [0.29, 0.717) is 0 Å². The predicted molar refractivity (Wildman–Crippen MR) is 59.6 cm³/mol. The molecule has 2 aromatic rings. The minimum Gasteiger partial charge on any atom is -0.264 e. The van der Waals surface area contributed by atoms with Gasteiger partial charge in [0.15, 0.2) is 0 Å². The van der Waals surface area contributed by atoms with Gasteiger partial charge in [-0.1, -0.05) is 48.6 Å². The first-order valence-electron chi connectivity index (χ1n) is 4.58. The maximum Gasteiger partial charge on any atom is 0.0340 e. The lowest BCUT2D eigenvalue weighted by molar-refractivity contribution is 1.32. The number of aromatic nitrogens is 1. The van der Waals surface area contributed by atoms with Crippen molar-refractivity contribution < 1.29 is 0 Å². The minimum atomic E-state index is 1.12. The van der Waals surface area contributed by atoms with Crippen LogP contribution in [0.15, 0.2) is 54.9 Å². The van der Waals surface area contributed by atoms with Crippen LogP contribution in [0.25, 0.3) is 12.2 Å². The van der Waals surface area contributed by atoms with Gasteiger partial charge < -0.3 is 0 Å². The molecule has 0 fully saturated rings. The first-order valence-corrected chi connectivity index (χ1v) is 4.58. The van der Waals surface area contributed by atoms with E-state index in [0.717, 1.165) is 5.56 Å². The average Bonchev–Trinajstić information content (AvgIpc) is 2.29. The summed E-state index contributed by atoms with van der Waals surface area (Å²) in [6, 6.07) is 14.2. The lowest BCUT2D eigenvalue weighted by Crippen LogP contribution is -1.73. The van der Waals surface area contributed by atoms with E-state index < -0.39 is 0 Å². The summed E-state index contributed by atoms with van der Waals surface area (Å²) in [6.07, 6.45) is 7.76. The first-order chi connectivity index (χ1) is 6.95. The minimum absolute atomic E-state index is 1.12. The highest BCUT2D eigenvalue weighted by Crippen LogP contribution is 2.05. The SMILES string of the molecule is C(=C/c1cccnc1)/c1ccccc1. The van der Waals surface area contributed by atoms with Gasteiger partial charge in [-0.3, -0.25) is 4.98 Å². The maximum absolute atomic E-state index is 4.05. The van der Waals surface area contributed by atoms with Gasteiger partial charge in [-0.15, -0.1) is 0 Å². The van der Waals surface area contributed by atoms with Crippen LogP contribution in [-0.4, -0.2) is 4.98 Å². The van der Waals surface area contributed by atoms with E-state index in [1.165, 1.54) is 5.56 Å². The summed E-state index contributed by atoms with van der Waals surface area (Å²) in [5.74, 6) is 0. The van der Waals surface area contributed by atoms with Crippen molar-refractivity contribution >= 4 is 12.2 Å². The van der Waals surface area contributed by atoms with Crippen molar-refractivity contribution in [2.45, 2.75) is 0 Å². The zero-order valence-corrected chi connectivity index (χ0v) is 7.80. The molecule has 0 aliphatic heterocycles. The van der Waals surface area contributed by atoms with Gasteiger partial charge >= 0.3 is 0 Å². The fourth-order valence-corrected chi connectivity index (χ4v) is 1.23. The molecular formula is C13H11N. The van der Waals surface area contributed by atoms with Crippen molar-refractivity contribution in [1.29, 1.82) is 0 Å². The molecule has 1 aromatic carbocycles. The highest BCUT2D eigenvalue weighted by atomic mass is 14.6. The van der Waals surface area contributed by atoms with E-state index in [-0.39, 0.29) is 0 Å². The second-order valence-electron chi connectivity index (χ2n) is 3.03. The van der Waals surface area contributed by atoms with E-state index in [1.54, 1.807) is 6.20 Å². The monoisotopic (exact) mass is 181 g/mol. The summed E-state index contributed by atoms with van der Waals surface area (Å²) in [6.45, 7) is 0. The first kappa shape index (κ1) is 8.70. The van der Waals surface area contributed by atoms with Crippen LogP contribution in [0.3, 0.4) is 0 Å². The Balaban J connectivity index is 2.16. The molecule has 0 amide bonds. The Morgan fingerprint density at radius 1 is 0.786 bits per heavy atom.